The summed E-state index contributed by atoms with van der Waals surface area (Å²) >= 11 is 5.87. The van der Waals surface area contributed by atoms with Crippen molar-refractivity contribution in [3.63, 3.8) is 0 Å². The molecule has 1 atom stereocenters. The zero-order valence-corrected chi connectivity index (χ0v) is 11.7. The maximum absolute atomic E-state index is 12.5. The Morgan fingerprint density at radius 1 is 1.05 bits per heavy atom. The summed E-state index contributed by atoms with van der Waals surface area (Å²) in [5, 5.41) is 18.5. The zero-order valence-electron chi connectivity index (χ0n) is 10.9. The number of hydrogen-bond acceptors (Lipinski definition) is 2. The van der Waals surface area contributed by atoms with E-state index in [4.69, 9.17) is 16.7 Å². The van der Waals surface area contributed by atoms with Gasteiger partial charge in [0, 0.05) is 5.02 Å². The Balaban J connectivity index is 2.42. The van der Waals surface area contributed by atoms with E-state index in [9.17, 15) is 23.1 Å². The maximum atomic E-state index is 12.5. The highest BCUT2D eigenvalue weighted by atomic mass is 35.5. The molecule has 0 heterocycles. The Bertz CT molecular complexity index is 696. The van der Waals surface area contributed by atoms with Crippen LogP contribution in [0.4, 0.5) is 13.2 Å². The highest BCUT2D eigenvalue weighted by molar-refractivity contribution is 6.31. The third-order valence-electron chi connectivity index (χ3n) is 3.02. The van der Waals surface area contributed by atoms with Gasteiger partial charge in [0.05, 0.1) is 5.56 Å². The number of alkyl halides is 3. The molecule has 7 heteroatoms. The number of carboxylic acids is 1. The molecule has 0 aliphatic rings. The van der Waals surface area contributed by atoms with Crippen LogP contribution < -0.4 is 0 Å². The summed E-state index contributed by atoms with van der Waals surface area (Å²) < 4.78 is 37.6. The number of benzene rings is 2. The molecule has 2 aromatic rings. The molecule has 2 aromatic carbocycles. The molecule has 22 heavy (non-hydrogen) atoms. The van der Waals surface area contributed by atoms with E-state index in [0.717, 1.165) is 12.1 Å². The molecule has 0 bridgehead atoms. The Hall–Kier alpha value is -2.05. The fraction of sp³-hybridized carbons (Fsp3) is 0.133. The van der Waals surface area contributed by atoms with Gasteiger partial charge < -0.3 is 10.2 Å². The van der Waals surface area contributed by atoms with E-state index in [2.05, 4.69) is 0 Å². The second-order valence-corrected chi connectivity index (χ2v) is 5.03. The maximum Gasteiger partial charge on any atom is 0.416 e. The lowest BCUT2D eigenvalue weighted by Crippen LogP contribution is -2.10. The average molecular weight is 331 g/mol. The Morgan fingerprint density at radius 3 is 2.14 bits per heavy atom. The van der Waals surface area contributed by atoms with Crippen LogP contribution in [0.1, 0.15) is 17.2 Å². The SMILES string of the molecule is O=C(O)C(O)c1cc(Cl)cc(-c2ccc(C(F)(F)F)cc2)c1. The second-order valence-electron chi connectivity index (χ2n) is 4.59. The van der Waals surface area contributed by atoms with E-state index < -0.39 is 23.8 Å². The van der Waals surface area contributed by atoms with E-state index in [-0.39, 0.29) is 10.6 Å². The summed E-state index contributed by atoms with van der Waals surface area (Å²) in [6.45, 7) is 0. The smallest absolute Gasteiger partial charge is 0.416 e. The van der Waals surface area contributed by atoms with Gasteiger partial charge >= 0.3 is 12.1 Å². The van der Waals surface area contributed by atoms with Crippen LogP contribution in [0.25, 0.3) is 11.1 Å². The van der Waals surface area contributed by atoms with Crippen molar-refractivity contribution in [2.24, 2.45) is 0 Å². The van der Waals surface area contributed by atoms with Crippen LogP contribution in [0.2, 0.25) is 5.02 Å². The molecule has 2 rings (SSSR count). The number of carboxylic acid groups (broad SMARTS) is 1. The molecule has 0 spiro atoms. The van der Waals surface area contributed by atoms with Crippen LogP contribution in [0.5, 0.6) is 0 Å². The van der Waals surface area contributed by atoms with Crippen molar-refractivity contribution in [3.05, 3.63) is 58.6 Å². The first-order valence-electron chi connectivity index (χ1n) is 6.07. The van der Waals surface area contributed by atoms with Gasteiger partial charge in [-0.1, -0.05) is 23.7 Å². The minimum atomic E-state index is -4.43. The van der Waals surface area contributed by atoms with Crippen molar-refractivity contribution < 1.29 is 28.2 Å². The van der Waals surface area contributed by atoms with Gasteiger partial charge in [-0.3, -0.25) is 0 Å². The standard InChI is InChI=1S/C15H10ClF3O3/c16-12-6-9(5-10(7-12)13(20)14(21)22)8-1-3-11(4-2-8)15(17,18)19/h1-7,13,20H,(H,21,22). The largest absolute Gasteiger partial charge is 0.479 e. The van der Waals surface area contributed by atoms with Gasteiger partial charge in [0.1, 0.15) is 0 Å². The van der Waals surface area contributed by atoms with Crippen molar-refractivity contribution in [1.82, 2.24) is 0 Å². The van der Waals surface area contributed by atoms with Crippen LogP contribution in [-0.4, -0.2) is 16.2 Å². The lowest BCUT2D eigenvalue weighted by atomic mass is 9.99. The summed E-state index contributed by atoms with van der Waals surface area (Å²) in [6, 6.07) is 8.48. The first-order valence-corrected chi connectivity index (χ1v) is 6.45. The number of aliphatic hydroxyl groups excluding tert-OH is 1. The molecule has 3 nitrogen and oxygen atoms in total. The summed E-state index contributed by atoms with van der Waals surface area (Å²) in [4.78, 5) is 10.8. The molecular formula is C15H10ClF3O3. The second kappa shape index (κ2) is 5.98. The number of aliphatic hydroxyl groups is 1. The van der Waals surface area contributed by atoms with E-state index >= 15 is 0 Å². The summed E-state index contributed by atoms with van der Waals surface area (Å²) in [7, 11) is 0. The highest BCUT2D eigenvalue weighted by Gasteiger charge is 2.30. The molecule has 0 saturated heterocycles. The first kappa shape index (κ1) is 16.3. The summed E-state index contributed by atoms with van der Waals surface area (Å²) in [5.74, 6) is -1.44. The Morgan fingerprint density at radius 2 is 1.64 bits per heavy atom. The predicted octanol–water partition coefficient (Wildman–Crippen LogP) is 4.14. The predicted molar refractivity (Wildman–Crippen MR) is 74.5 cm³/mol. The van der Waals surface area contributed by atoms with Crippen LogP contribution in [-0.2, 0) is 11.0 Å². The van der Waals surface area contributed by atoms with E-state index in [1.807, 2.05) is 0 Å². The highest BCUT2D eigenvalue weighted by Crippen LogP contribution is 2.32. The van der Waals surface area contributed by atoms with E-state index in [1.165, 1.54) is 30.3 Å². The zero-order chi connectivity index (χ0) is 16.5. The van der Waals surface area contributed by atoms with Crippen LogP contribution in [0.15, 0.2) is 42.5 Å². The molecule has 0 aliphatic heterocycles. The quantitative estimate of drug-likeness (QED) is 0.889. The molecule has 0 amide bonds. The first-order chi connectivity index (χ1) is 10.2. The van der Waals surface area contributed by atoms with Crippen molar-refractivity contribution >= 4 is 17.6 Å². The number of hydrogen-bond donors (Lipinski definition) is 2. The van der Waals surface area contributed by atoms with Crippen molar-refractivity contribution in [2.75, 3.05) is 0 Å². The van der Waals surface area contributed by atoms with Crippen molar-refractivity contribution in [3.8, 4) is 11.1 Å². The summed E-state index contributed by atoms with van der Waals surface area (Å²) in [5.41, 5.74) is 0.102. The topological polar surface area (TPSA) is 57.5 Å². The van der Waals surface area contributed by atoms with Crippen LogP contribution in [0.3, 0.4) is 0 Å². The number of aliphatic carboxylic acids is 1. The average Bonchev–Trinajstić information content (AvgIpc) is 2.45. The van der Waals surface area contributed by atoms with E-state index in [1.54, 1.807) is 0 Å². The van der Waals surface area contributed by atoms with Gasteiger partial charge in [0.15, 0.2) is 6.10 Å². The Labute approximate surface area is 128 Å². The van der Waals surface area contributed by atoms with Gasteiger partial charge in [-0.2, -0.15) is 13.2 Å². The number of rotatable bonds is 3. The van der Waals surface area contributed by atoms with Gasteiger partial charge in [0.25, 0.3) is 0 Å². The van der Waals surface area contributed by atoms with Gasteiger partial charge in [-0.15, -0.1) is 0 Å². The molecule has 2 N–H and O–H groups in total. The fourth-order valence-electron chi connectivity index (χ4n) is 1.93. The Kier molecular flexibility index (Phi) is 4.44. The summed E-state index contributed by atoms with van der Waals surface area (Å²) in [6.07, 6.45) is -6.19. The van der Waals surface area contributed by atoms with Gasteiger partial charge in [-0.05, 0) is 47.0 Å². The normalized spacial score (nSPS) is 13.0. The third-order valence-corrected chi connectivity index (χ3v) is 3.23. The molecule has 0 aromatic heterocycles. The lowest BCUT2D eigenvalue weighted by Gasteiger charge is -2.11. The molecule has 116 valence electrons. The number of halogens is 4. The molecule has 0 radical (unpaired) electrons. The van der Waals surface area contributed by atoms with E-state index in [0.29, 0.717) is 11.1 Å². The molecule has 1 unspecified atom stereocenters. The molecular weight excluding hydrogens is 321 g/mol. The minimum Gasteiger partial charge on any atom is -0.479 e. The van der Waals surface area contributed by atoms with Crippen LogP contribution >= 0.6 is 11.6 Å². The van der Waals surface area contributed by atoms with Crippen molar-refractivity contribution in [2.45, 2.75) is 12.3 Å². The van der Waals surface area contributed by atoms with Gasteiger partial charge in [0.2, 0.25) is 0 Å². The molecule has 0 saturated carbocycles. The third kappa shape index (κ3) is 3.58. The molecule has 0 fully saturated rings. The van der Waals surface area contributed by atoms with Gasteiger partial charge in [-0.25, -0.2) is 4.79 Å². The monoisotopic (exact) mass is 330 g/mol. The molecule has 0 aliphatic carbocycles. The number of carbonyl (C=O) groups is 1. The van der Waals surface area contributed by atoms with Crippen molar-refractivity contribution in [1.29, 1.82) is 0 Å². The van der Waals surface area contributed by atoms with Crippen LogP contribution in [0, 0.1) is 0 Å². The fourth-order valence-corrected chi connectivity index (χ4v) is 2.17. The minimum absolute atomic E-state index is 0.0508. The lowest BCUT2D eigenvalue weighted by molar-refractivity contribution is -0.147.